The third-order valence-corrected chi connectivity index (χ3v) is 3.88. The molecule has 3 N–H and O–H groups in total. The van der Waals surface area contributed by atoms with Crippen LogP contribution in [0.15, 0.2) is 30.3 Å². The molecule has 0 aliphatic carbocycles. The van der Waals surface area contributed by atoms with Crippen LogP contribution in [0, 0.1) is 11.3 Å². The van der Waals surface area contributed by atoms with Crippen LogP contribution in [0.25, 0.3) is 0 Å². The molecule has 0 amide bonds. The molecule has 0 saturated heterocycles. The number of nitrogens with two attached hydrogens (primary N) is 1. The SMILES string of the molecule is CC(CNCC(CN)c1ccccc1)C(C)(C)C. The fourth-order valence-corrected chi connectivity index (χ4v) is 1.84. The Labute approximate surface area is 112 Å². The second-order valence-electron chi connectivity index (χ2n) is 6.27. The van der Waals surface area contributed by atoms with Gasteiger partial charge in [-0.2, -0.15) is 0 Å². The Kier molecular flexibility index (Phi) is 5.83. The summed E-state index contributed by atoms with van der Waals surface area (Å²) in [5, 5.41) is 3.56. The zero-order valence-electron chi connectivity index (χ0n) is 12.2. The average Bonchev–Trinajstić information content (AvgIpc) is 2.34. The Morgan fingerprint density at radius 2 is 1.72 bits per heavy atom. The second-order valence-corrected chi connectivity index (χ2v) is 6.27. The van der Waals surface area contributed by atoms with Crippen LogP contribution >= 0.6 is 0 Å². The molecule has 0 aliphatic rings. The van der Waals surface area contributed by atoms with Crippen molar-refractivity contribution < 1.29 is 0 Å². The van der Waals surface area contributed by atoms with Gasteiger partial charge in [0.2, 0.25) is 0 Å². The van der Waals surface area contributed by atoms with Gasteiger partial charge in [0.1, 0.15) is 0 Å². The van der Waals surface area contributed by atoms with Crippen LogP contribution in [0.1, 0.15) is 39.2 Å². The fraction of sp³-hybridized carbons (Fsp3) is 0.625. The van der Waals surface area contributed by atoms with Crippen molar-refractivity contribution in [2.24, 2.45) is 17.1 Å². The van der Waals surface area contributed by atoms with E-state index in [0.717, 1.165) is 13.1 Å². The predicted molar refractivity (Wildman–Crippen MR) is 79.7 cm³/mol. The summed E-state index contributed by atoms with van der Waals surface area (Å²) in [7, 11) is 0. The lowest BCUT2D eigenvalue weighted by Gasteiger charge is -2.28. The Morgan fingerprint density at radius 1 is 1.11 bits per heavy atom. The minimum absolute atomic E-state index is 0.359. The van der Waals surface area contributed by atoms with E-state index in [4.69, 9.17) is 5.73 Å². The maximum atomic E-state index is 5.87. The van der Waals surface area contributed by atoms with Gasteiger partial charge in [0.05, 0.1) is 0 Å². The van der Waals surface area contributed by atoms with Gasteiger partial charge in [0, 0.05) is 19.0 Å². The molecule has 0 spiro atoms. The van der Waals surface area contributed by atoms with Gasteiger partial charge in [-0.15, -0.1) is 0 Å². The summed E-state index contributed by atoms with van der Waals surface area (Å²) in [6, 6.07) is 10.5. The van der Waals surface area contributed by atoms with Crippen molar-refractivity contribution in [1.82, 2.24) is 5.32 Å². The number of rotatable bonds is 6. The third-order valence-electron chi connectivity index (χ3n) is 3.88. The molecule has 18 heavy (non-hydrogen) atoms. The van der Waals surface area contributed by atoms with Crippen molar-refractivity contribution in [3.63, 3.8) is 0 Å². The summed E-state index contributed by atoms with van der Waals surface area (Å²) in [6.07, 6.45) is 0. The number of benzene rings is 1. The Balaban J connectivity index is 2.42. The van der Waals surface area contributed by atoms with E-state index in [1.54, 1.807) is 0 Å². The number of nitrogens with one attached hydrogen (secondary N) is 1. The molecular formula is C16H28N2. The molecule has 2 nitrogen and oxygen atoms in total. The molecule has 0 bridgehead atoms. The van der Waals surface area contributed by atoms with E-state index in [1.807, 2.05) is 6.07 Å². The Bertz CT molecular complexity index is 327. The van der Waals surface area contributed by atoms with E-state index >= 15 is 0 Å². The molecule has 0 saturated carbocycles. The first kappa shape index (κ1) is 15.2. The zero-order valence-corrected chi connectivity index (χ0v) is 12.2. The Hall–Kier alpha value is -0.860. The van der Waals surface area contributed by atoms with Crippen molar-refractivity contribution in [1.29, 1.82) is 0 Å². The summed E-state index contributed by atoms with van der Waals surface area (Å²) in [5.74, 6) is 1.07. The van der Waals surface area contributed by atoms with Gasteiger partial charge in [0.25, 0.3) is 0 Å². The number of hydrogen-bond donors (Lipinski definition) is 2. The highest BCUT2D eigenvalue weighted by molar-refractivity contribution is 5.20. The zero-order chi connectivity index (χ0) is 13.6. The Morgan fingerprint density at radius 3 is 2.22 bits per heavy atom. The molecule has 2 heteroatoms. The minimum atomic E-state index is 0.359. The van der Waals surface area contributed by atoms with Crippen molar-refractivity contribution in [2.75, 3.05) is 19.6 Å². The standard InChI is InChI=1S/C16H28N2/c1-13(16(2,3)4)11-18-12-15(10-17)14-8-6-5-7-9-14/h5-9,13,15,18H,10-12,17H2,1-4H3. The van der Waals surface area contributed by atoms with Crippen molar-refractivity contribution in [3.8, 4) is 0 Å². The molecule has 0 radical (unpaired) electrons. The molecule has 1 rings (SSSR count). The summed E-state index contributed by atoms with van der Waals surface area (Å²) in [6.45, 7) is 11.9. The lowest BCUT2D eigenvalue weighted by molar-refractivity contribution is 0.252. The van der Waals surface area contributed by atoms with Crippen LogP contribution in [0.2, 0.25) is 0 Å². The van der Waals surface area contributed by atoms with Crippen molar-refractivity contribution in [2.45, 2.75) is 33.6 Å². The van der Waals surface area contributed by atoms with Crippen LogP contribution in [0.5, 0.6) is 0 Å². The maximum Gasteiger partial charge on any atom is 0.00863 e. The van der Waals surface area contributed by atoms with Gasteiger partial charge in [-0.1, -0.05) is 58.0 Å². The summed E-state index contributed by atoms with van der Waals surface area (Å²) >= 11 is 0. The van der Waals surface area contributed by atoms with Gasteiger partial charge in [0.15, 0.2) is 0 Å². The van der Waals surface area contributed by atoms with E-state index in [0.29, 0.717) is 23.8 Å². The van der Waals surface area contributed by atoms with Gasteiger partial charge in [-0.3, -0.25) is 0 Å². The minimum Gasteiger partial charge on any atom is -0.330 e. The summed E-state index contributed by atoms with van der Waals surface area (Å²) in [5.41, 5.74) is 7.56. The molecular weight excluding hydrogens is 220 g/mol. The van der Waals surface area contributed by atoms with Crippen LogP contribution in [-0.2, 0) is 0 Å². The molecule has 1 aromatic carbocycles. The molecule has 102 valence electrons. The largest absolute Gasteiger partial charge is 0.330 e. The highest BCUT2D eigenvalue weighted by atomic mass is 14.9. The number of hydrogen-bond acceptors (Lipinski definition) is 2. The first-order valence-corrected chi connectivity index (χ1v) is 6.91. The highest BCUT2D eigenvalue weighted by Gasteiger charge is 2.19. The fourth-order valence-electron chi connectivity index (χ4n) is 1.84. The highest BCUT2D eigenvalue weighted by Crippen LogP contribution is 2.24. The maximum absolute atomic E-state index is 5.87. The molecule has 2 atom stereocenters. The van der Waals surface area contributed by atoms with E-state index in [9.17, 15) is 0 Å². The smallest absolute Gasteiger partial charge is 0.00863 e. The molecule has 2 unspecified atom stereocenters. The third kappa shape index (κ3) is 4.79. The normalized spacial score (nSPS) is 15.4. The first-order valence-electron chi connectivity index (χ1n) is 6.91. The summed E-state index contributed by atoms with van der Waals surface area (Å²) < 4.78 is 0. The average molecular weight is 248 g/mol. The first-order chi connectivity index (χ1) is 8.45. The van der Waals surface area contributed by atoms with Gasteiger partial charge in [-0.05, 0) is 23.4 Å². The van der Waals surface area contributed by atoms with Crippen LogP contribution < -0.4 is 11.1 Å². The van der Waals surface area contributed by atoms with Crippen LogP contribution in [-0.4, -0.2) is 19.6 Å². The van der Waals surface area contributed by atoms with Crippen molar-refractivity contribution in [3.05, 3.63) is 35.9 Å². The quantitative estimate of drug-likeness (QED) is 0.812. The monoisotopic (exact) mass is 248 g/mol. The van der Waals surface area contributed by atoms with Gasteiger partial charge < -0.3 is 11.1 Å². The van der Waals surface area contributed by atoms with Crippen molar-refractivity contribution >= 4 is 0 Å². The van der Waals surface area contributed by atoms with E-state index < -0.39 is 0 Å². The molecule has 0 fully saturated rings. The lowest BCUT2D eigenvalue weighted by Crippen LogP contribution is -2.33. The van der Waals surface area contributed by atoms with E-state index in [1.165, 1.54) is 5.56 Å². The van der Waals surface area contributed by atoms with Crippen LogP contribution in [0.3, 0.4) is 0 Å². The molecule has 0 heterocycles. The van der Waals surface area contributed by atoms with Crippen LogP contribution in [0.4, 0.5) is 0 Å². The van der Waals surface area contributed by atoms with Gasteiger partial charge >= 0.3 is 0 Å². The topological polar surface area (TPSA) is 38.0 Å². The van der Waals surface area contributed by atoms with E-state index in [2.05, 4.69) is 57.3 Å². The molecule has 0 aliphatic heterocycles. The lowest BCUT2D eigenvalue weighted by atomic mass is 9.82. The molecule has 1 aromatic rings. The van der Waals surface area contributed by atoms with Gasteiger partial charge in [-0.25, -0.2) is 0 Å². The molecule has 0 aromatic heterocycles. The predicted octanol–water partition coefficient (Wildman–Crippen LogP) is 3.00. The van der Waals surface area contributed by atoms with E-state index in [-0.39, 0.29) is 0 Å². The second kappa shape index (κ2) is 6.91. The summed E-state index contributed by atoms with van der Waals surface area (Å²) in [4.78, 5) is 0.